The van der Waals surface area contributed by atoms with E-state index in [9.17, 15) is 13.6 Å². The molecule has 7 heteroatoms. The maximum Gasteiger partial charge on any atom is 0.340 e. The fourth-order valence-corrected chi connectivity index (χ4v) is 2.65. The van der Waals surface area contributed by atoms with Crippen molar-refractivity contribution in [3.8, 4) is 0 Å². The molecule has 0 amide bonds. The molecule has 1 rings (SSSR count). The van der Waals surface area contributed by atoms with Crippen LogP contribution < -0.4 is 0 Å². The van der Waals surface area contributed by atoms with E-state index in [1.807, 2.05) is 0 Å². The molecule has 0 atom stereocenters. The number of rotatable bonds is 4. The van der Waals surface area contributed by atoms with Gasteiger partial charge in [0.25, 0.3) is 6.43 Å². The minimum Gasteiger partial charge on any atom is -0.462 e. The van der Waals surface area contributed by atoms with Gasteiger partial charge in [0.1, 0.15) is 0 Å². The minimum atomic E-state index is -2.77. The van der Waals surface area contributed by atoms with Crippen LogP contribution in [0.3, 0.4) is 0 Å². The van der Waals surface area contributed by atoms with Crippen LogP contribution in [0.2, 0.25) is 0 Å². The predicted molar refractivity (Wildman–Crippen MR) is 65.5 cm³/mol. The molecule has 1 heterocycles. The van der Waals surface area contributed by atoms with Crippen LogP contribution in [0.5, 0.6) is 0 Å². The van der Waals surface area contributed by atoms with Gasteiger partial charge in [0, 0.05) is 21.6 Å². The number of carbonyl (C=O) groups is 1. The van der Waals surface area contributed by atoms with Crippen molar-refractivity contribution in [1.82, 2.24) is 4.98 Å². The number of esters is 1. The van der Waals surface area contributed by atoms with Gasteiger partial charge in [0.2, 0.25) is 0 Å². The third kappa shape index (κ3) is 3.22. The molecule has 0 radical (unpaired) electrons. The topological polar surface area (TPSA) is 39.2 Å². The van der Waals surface area contributed by atoms with E-state index in [0.717, 1.165) is 6.20 Å². The highest BCUT2D eigenvalue weighted by atomic mass is 79.9. The molecule has 0 N–H and O–H groups in total. The zero-order valence-corrected chi connectivity index (χ0v) is 12.0. The molecule has 0 aromatic carbocycles. The summed E-state index contributed by atoms with van der Waals surface area (Å²) < 4.78 is 30.7. The van der Waals surface area contributed by atoms with Gasteiger partial charge in [-0.05, 0) is 22.9 Å². The number of nitrogens with zero attached hydrogens (tertiary/aromatic N) is 1. The molecule has 0 saturated carbocycles. The van der Waals surface area contributed by atoms with E-state index in [4.69, 9.17) is 4.74 Å². The van der Waals surface area contributed by atoms with E-state index in [-0.39, 0.29) is 22.2 Å². The maximum absolute atomic E-state index is 12.9. The maximum atomic E-state index is 12.9. The lowest BCUT2D eigenvalue weighted by Gasteiger charge is -2.11. The summed E-state index contributed by atoms with van der Waals surface area (Å²) >= 11 is 6.16. The molecule has 94 valence electrons. The summed E-state index contributed by atoms with van der Waals surface area (Å²) in [5.41, 5.74) is -0.181. The molecule has 1 aromatic rings. The molecule has 0 unspecified atom stereocenters. The first-order chi connectivity index (χ1) is 8.02. The molecule has 0 saturated heterocycles. The van der Waals surface area contributed by atoms with E-state index in [2.05, 4.69) is 36.8 Å². The van der Waals surface area contributed by atoms with Crippen LogP contribution in [0.15, 0.2) is 10.7 Å². The lowest BCUT2D eigenvalue weighted by atomic mass is 10.1. The van der Waals surface area contributed by atoms with Gasteiger partial charge in [-0.1, -0.05) is 15.9 Å². The van der Waals surface area contributed by atoms with E-state index >= 15 is 0 Å². The van der Waals surface area contributed by atoms with Crippen molar-refractivity contribution >= 4 is 37.8 Å². The van der Waals surface area contributed by atoms with Crippen molar-refractivity contribution in [3.05, 3.63) is 27.5 Å². The minimum absolute atomic E-state index is 0.124. The van der Waals surface area contributed by atoms with Crippen LogP contribution in [-0.4, -0.2) is 17.6 Å². The normalized spacial score (nSPS) is 10.7. The van der Waals surface area contributed by atoms with Crippen LogP contribution in [0.25, 0.3) is 0 Å². The van der Waals surface area contributed by atoms with Crippen LogP contribution in [-0.2, 0) is 10.1 Å². The Hall–Kier alpha value is -0.560. The third-order valence-corrected chi connectivity index (χ3v) is 3.39. The van der Waals surface area contributed by atoms with Gasteiger partial charge in [-0.3, -0.25) is 4.98 Å². The number of pyridine rings is 1. The number of hydrogen-bond donors (Lipinski definition) is 0. The smallest absolute Gasteiger partial charge is 0.340 e. The second-order valence-electron chi connectivity index (χ2n) is 3.00. The fourth-order valence-electron chi connectivity index (χ4n) is 1.22. The number of carbonyl (C=O) groups excluding carboxylic acids is 1. The summed E-state index contributed by atoms with van der Waals surface area (Å²) in [5.74, 6) is -0.794. The van der Waals surface area contributed by atoms with E-state index in [1.165, 1.54) is 0 Å². The van der Waals surface area contributed by atoms with Crippen LogP contribution >= 0.6 is 31.9 Å². The Labute approximate surface area is 114 Å². The summed E-state index contributed by atoms with van der Waals surface area (Å²) in [4.78, 5) is 15.4. The number of aromatic nitrogens is 1. The number of hydrogen-bond acceptors (Lipinski definition) is 3. The van der Waals surface area contributed by atoms with E-state index in [0.29, 0.717) is 11.0 Å². The van der Waals surface area contributed by atoms with E-state index < -0.39 is 12.4 Å². The summed E-state index contributed by atoms with van der Waals surface area (Å²) in [7, 11) is 0. The Bertz CT molecular complexity index is 427. The second-order valence-corrected chi connectivity index (χ2v) is 4.35. The Morgan fingerprint density at radius 2 is 2.24 bits per heavy atom. The molecule has 0 fully saturated rings. The summed E-state index contributed by atoms with van der Waals surface area (Å²) in [6, 6.07) is 0. The van der Waals surface area contributed by atoms with Gasteiger partial charge >= 0.3 is 5.97 Å². The first kappa shape index (κ1) is 14.5. The molecule has 0 bridgehead atoms. The molecule has 1 aromatic heterocycles. The first-order valence-electron chi connectivity index (χ1n) is 4.71. The average Bonchev–Trinajstić information content (AvgIpc) is 2.28. The zero-order valence-electron chi connectivity index (χ0n) is 8.84. The van der Waals surface area contributed by atoms with Gasteiger partial charge < -0.3 is 4.74 Å². The van der Waals surface area contributed by atoms with Crippen LogP contribution in [0.4, 0.5) is 8.78 Å². The number of alkyl halides is 3. The highest BCUT2D eigenvalue weighted by Crippen LogP contribution is 2.33. The molecule has 0 aliphatic heterocycles. The van der Waals surface area contributed by atoms with Crippen molar-refractivity contribution in [2.24, 2.45) is 0 Å². The molecule has 0 aliphatic rings. The SMILES string of the molecule is CCOC(=O)c1cnc(CBr)c(Br)c1C(F)F. The molecule has 0 aliphatic carbocycles. The highest BCUT2D eigenvalue weighted by Gasteiger charge is 2.24. The third-order valence-electron chi connectivity index (χ3n) is 1.97. The van der Waals surface area contributed by atoms with Gasteiger partial charge in [-0.2, -0.15) is 0 Å². The monoisotopic (exact) mass is 371 g/mol. The number of ether oxygens (including phenoxy) is 1. The van der Waals surface area contributed by atoms with Crippen molar-refractivity contribution in [3.63, 3.8) is 0 Å². The Morgan fingerprint density at radius 1 is 1.59 bits per heavy atom. The highest BCUT2D eigenvalue weighted by molar-refractivity contribution is 9.10. The van der Waals surface area contributed by atoms with Gasteiger partial charge in [0.05, 0.1) is 17.9 Å². The second kappa shape index (κ2) is 6.39. The molecule has 17 heavy (non-hydrogen) atoms. The molecular formula is C10H9Br2F2NO2. The van der Waals surface area contributed by atoms with Crippen LogP contribution in [0, 0.1) is 0 Å². The van der Waals surface area contributed by atoms with Crippen molar-refractivity contribution in [2.45, 2.75) is 18.7 Å². The van der Waals surface area contributed by atoms with Gasteiger partial charge in [-0.25, -0.2) is 13.6 Å². The van der Waals surface area contributed by atoms with Crippen molar-refractivity contribution in [2.75, 3.05) is 6.61 Å². The first-order valence-corrected chi connectivity index (χ1v) is 6.62. The van der Waals surface area contributed by atoms with Gasteiger partial charge in [0.15, 0.2) is 0 Å². The summed E-state index contributed by atoms with van der Waals surface area (Å²) in [6.45, 7) is 1.73. The van der Waals surface area contributed by atoms with Crippen molar-refractivity contribution < 1.29 is 18.3 Å². The van der Waals surface area contributed by atoms with Gasteiger partial charge in [-0.15, -0.1) is 0 Å². The molecule has 0 spiro atoms. The Morgan fingerprint density at radius 3 is 2.71 bits per heavy atom. The number of halogens is 4. The lowest BCUT2D eigenvalue weighted by molar-refractivity contribution is 0.0514. The largest absolute Gasteiger partial charge is 0.462 e. The zero-order chi connectivity index (χ0) is 13.0. The molecule has 3 nitrogen and oxygen atoms in total. The Kier molecular flexibility index (Phi) is 5.45. The van der Waals surface area contributed by atoms with Crippen molar-refractivity contribution in [1.29, 1.82) is 0 Å². The summed E-state index contributed by atoms with van der Waals surface area (Å²) in [6.07, 6.45) is -1.66. The average molecular weight is 373 g/mol. The molecular weight excluding hydrogens is 364 g/mol. The fraction of sp³-hybridized carbons (Fsp3) is 0.400. The quantitative estimate of drug-likeness (QED) is 0.595. The van der Waals surface area contributed by atoms with Crippen LogP contribution in [0.1, 0.15) is 35.0 Å². The summed E-state index contributed by atoms with van der Waals surface area (Å²) in [5, 5.41) is 0.316. The standard InChI is InChI=1S/C10H9Br2F2NO2/c1-2-17-10(16)5-4-15-6(3-11)8(12)7(5)9(13)14/h4,9H,2-3H2,1H3. The lowest BCUT2D eigenvalue weighted by Crippen LogP contribution is -2.11. The van der Waals surface area contributed by atoms with E-state index in [1.54, 1.807) is 6.92 Å². The Balaban J connectivity index is 3.31. The predicted octanol–water partition coefficient (Wildman–Crippen LogP) is 3.85.